The number of aliphatic hydroxyl groups is 1. The van der Waals surface area contributed by atoms with Crippen molar-refractivity contribution in [2.75, 3.05) is 27.4 Å². The molecule has 3 aromatic carbocycles. The Morgan fingerprint density at radius 1 is 1.07 bits per heavy atom. The number of hydrogen-bond donors (Lipinski definition) is 4. The van der Waals surface area contributed by atoms with E-state index in [2.05, 4.69) is 21.2 Å². The van der Waals surface area contributed by atoms with Gasteiger partial charge in [0.15, 0.2) is 29.2 Å². The van der Waals surface area contributed by atoms with Crippen LogP contribution in [0.25, 0.3) is 0 Å². The standard InChI is InChI=1S/C32H35ClN4O8/c1-5-43-26-15-20(29-28(31(39)42-4)19(2)35-32(40)36-29)13-14-24(26)44-18-27(38)37-34-16-21-10-8-12-25(41-3)30(21)45-17-22-9-6-7-11-23(22)33/h6-16,27,29,37-38H,5,17-18H2,1-4H3,(H2,35,36,40)/b34-16+/t27-,29+/m0/s1. The average molecular weight is 639 g/mol. The summed E-state index contributed by atoms with van der Waals surface area (Å²) < 4.78 is 28.0. The number of ether oxygens (including phenoxy) is 5. The van der Waals surface area contributed by atoms with Crippen LogP contribution < -0.4 is 35.0 Å². The second-order valence-electron chi connectivity index (χ2n) is 9.67. The van der Waals surface area contributed by atoms with Gasteiger partial charge in [-0.05, 0) is 49.7 Å². The zero-order valence-electron chi connectivity index (χ0n) is 25.3. The van der Waals surface area contributed by atoms with E-state index in [0.717, 1.165) is 5.56 Å². The first kappa shape index (κ1) is 33.0. The lowest BCUT2D eigenvalue weighted by Gasteiger charge is -2.28. The molecular weight excluding hydrogens is 604 g/mol. The van der Waals surface area contributed by atoms with Crippen LogP contribution in [0.5, 0.6) is 23.0 Å². The Kier molecular flexibility index (Phi) is 11.5. The maximum absolute atomic E-state index is 12.5. The lowest BCUT2D eigenvalue weighted by molar-refractivity contribution is -0.136. The molecule has 2 atom stereocenters. The summed E-state index contributed by atoms with van der Waals surface area (Å²) in [5.41, 5.74) is 5.28. The van der Waals surface area contributed by atoms with Crippen LogP contribution in [0, 0.1) is 0 Å². The Bertz CT molecular complexity index is 1580. The number of rotatable bonds is 14. The molecule has 238 valence electrons. The van der Waals surface area contributed by atoms with Gasteiger partial charge in [-0.3, -0.25) is 5.43 Å². The van der Waals surface area contributed by atoms with E-state index in [4.69, 9.17) is 35.3 Å². The number of para-hydroxylation sites is 1. The topological polar surface area (TPSA) is 149 Å². The monoisotopic (exact) mass is 638 g/mol. The van der Waals surface area contributed by atoms with E-state index in [9.17, 15) is 14.7 Å². The predicted molar refractivity (Wildman–Crippen MR) is 168 cm³/mol. The van der Waals surface area contributed by atoms with Gasteiger partial charge < -0.3 is 39.4 Å². The van der Waals surface area contributed by atoms with E-state index in [1.807, 2.05) is 25.1 Å². The minimum Gasteiger partial charge on any atom is -0.493 e. The molecule has 12 nitrogen and oxygen atoms in total. The number of urea groups is 1. The van der Waals surface area contributed by atoms with Crippen molar-refractivity contribution in [3.63, 3.8) is 0 Å². The van der Waals surface area contributed by atoms with Crippen LogP contribution in [-0.2, 0) is 16.1 Å². The third-order valence-electron chi connectivity index (χ3n) is 6.66. The average Bonchev–Trinajstić information content (AvgIpc) is 3.03. The second kappa shape index (κ2) is 15.7. The predicted octanol–water partition coefficient (Wildman–Crippen LogP) is 4.45. The SMILES string of the molecule is CCOc1cc([C@H]2NC(=O)NC(C)=C2C(=O)OC)ccc1OC[C@H](O)N/N=C/c1cccc(OC)c1OCc1ccccc1Cl. The number of amides is 2. The van der Waals surface area contributed by atoms with Crippen molar-refractivity contribution >= 4 is 29.8 Å². The molecule has 1 heterocycles. The normalized spacial score (nSPS) is 15.2. The number of methoxy groups -OCH3 is 2. The van der Waals surface area contributed by atoms with Gasteiger partial charge in [-0.2, -0.15) is 5.10 Å². The Morgan fingerprint density at radius 3 is 2.60 bits per heavy atom. The van der Waals surface area contributed by atoms with Gasteiger partial charge in [-0.25, -0.2) is 9.59 Å². The van der Waals surface area contributed by atoms with Crippen LogP contribution in [0.4, 0.5) is 4.79 Å². The summed E-state index contributed by atoms with van der Waals surface area (Å²) in [5, 5.41) is 20.6. The van der Waals surface area contributed by atoms with Crippen LogP contribution >= 0.6 is 11.6 Å². The molecule has 0 unspecified atom stereocenters. The van der Waals surface area contributed by atoms with E-state index in [0.29, 0.717) is 51.5 Å². The van der Waals surface area contributed by atoms with Gasteiger partial charge in [0, 0.05) is 21.8 Å². The minimum absolute atomic E-state index is 0.179. The number of benzene rings is 3. The molecule has 4 N–H and O–H groups in total. The van der Waals surface area contributed by atoms with Gasteiger partial charge >= 0.3 is 12.0 Å². The number of nitrogens with one attached hydrogen (secondary N) is 3. The summed E-state index contributed by atoms with van der Waals surface area (Å²) in [6, 6.07) is 16.5. The number of halogens is 1. The fourth-order valence-electron chi connectivity index (χ4n) is 4.53. The van der Waals surface area contributed by atoms with Gasteiger partial charge in [0.1, 0.15) is 13.2 Å². The van der Waals surface area contributed by atoms with Gasteiger partial charge in [-0.1, -0.05) is 41.9 Å². The minimum atomic E-state index is -1.19. The Hall–Kier alpha value is -4.94. The van der Waals surface area contributed by atoms with E-state index < -0.39 is 24.3 Å². The molecule has 0 aliphatic carbocycles. The van der Waals surface area contributed by atoms with Gasteiger partial charge in [0.25, 0.3) is 0 Å². The maximum atomic E-state index is 12.5. The summed E-state index contributed by atoms with van der Waals surface area (Å²) in [6.45, 7) is 3.79. The summed E-state index contributed by atoms with van der Waals surface area (Å²) in [4.78, 5) is 24.6. The molecule has 0 fully saturated rings. The first-order chi connectivity index (χ1) is 21.7. The zero-order chi connectivity index (χ0) is 32.3. The Balaban J connectivity index is 1.42. The summed E-state index contributed by atoms with van der Waals surface area (Å²) >= 11 is 6.27. The fraction of sp³-hybridized carbons (Fsp3) is 0.281. The maximum Gasteiger partial charge on any atom is 0.337 e. The molecule has 45 heavy (non-hydrogen) atoms. The van der Waals surface area contributed by atoms with E-state index in [1.54, 1.807) is 56.5 Å². The molecule has 4 rings (SSSR count). The molecule has 2 amide bonds. The molecule has 0 saturated carbocycles. The molecule has 3 aromatic rings. The van der Waals surface area contributed by atoms with Crippen LogP contribution in [0.15, 0.2) is 77.0 Å². The van der Waals surface area contributed by atoms with Crippen LogP contribution in [-0.4, -0.2) is 57.0 Å². The van der Waals surface area contributed by atoms with Crippen molar-refractivity contribution in [2.24, 2.45) is 5.10 Å². The summed E-state index contributed by atoms with van der Waals surface area (Å²) in [5.74, 6) is 1.09. The first-order valence-electron chi connectivity index (χ1n) is 14.0. The molecule has 0 bridgehead atoms. The van der Waals surface area contributed by atoms with Crippen molar-refractivity contribution in [3.05, 3.63) is 93.6 Å². The molecule has 13 heteroatoms. The van der Waals surface area contributed by atoms with E-state index in [1.165, 1.54) is 13.3 Å². The number of carbonyl (C=O) groups is 2. The number of hydrazone groups is 1. The highest BCUT2D eigenvalue weighted by atomic mass is 35.5. The molecule has 1 aliphatic heterocycles. The highest BCUT2D eigenvalue weighted by Crippen LogP contribution is 2.35. The third kappa shape index (κ3) is 8.37. The van der Waals surface area contributed by atoms with E-state index >= 15 is 0 Å². The van der Waals surface area contributed by atoms with E-state index in [-0.39, 0.29) is 18.8 Å². The molecule has 0 aromatic heterocycles. The first-order valence-corrected chi connectivity index (χ1v) is 14.4. The third-order valence-corrected chi connectivity index (χ3v) is 7.03. The second-order valence-corrected chi connectivity index (χ2v) is 10.1. The highest BCUT2D eigenvalue weighted by molar-refractivity contribution is 6.31. The highest BCUT2D eigenvalue weighted by Gasteiger charge is 2.32. The lowest BCUT2D eigenvalue weighted by Crippen LogP contribution is -2.45. The van der Waals surface area contributed by atoms with Crippen LogP contribution in [0.1, 0.15) is 36.6 Å². The van der Waals surface area contributed by atoms with Gasteiger partial charge in [0.05, 0.1) is 38.7 Å². The van der Waals surface area contributed by atoms with Crippen LogP contribution in [0.3, 0.4) is 0 Å². The number of allylic oxidation sites excluding steroid dienone is 1. The van der Waals surface area contributed by atoms with Crippen molar-refractivity contribution < 1.29 is 38.4 Å². The quantitative estimate of drug-likeness (QED) is 0.0870. The lowest BCUT2D eigenvalue weighted by atomic mass is 9.95. The fourth-order valence-corrected chi connectivity index (χ4v) is 4.72. The van der Waals surface area contributed by atoms with Crippen molar-refractivity contribution in [2.45, 2.75) is 32.7 Å². The molecular formula is C32H35ClN4O8. The number of hydrogen-bond acceptors (Lipinski definition) is 10. The number of aliphatic hydroxyl groups excluding tert-OH is 1. The largest absolute Gasteiger partial charge is 0.493 e. The van der Waals surface area contributed by atoms with Gasteiger partial charge in [0.2, 0.25) is 0 Å². The number of nitrogens with zero attached hydrogens (tertiary/aromatic N) is 1. The number of esters is 1. The smallest absolute Gasteiger partial charge is 0.337 e. The molecule has 0 radical (unpaired) electrons. The molecule has 0 saturated heterocycles. The van der Waals surface area contributed by atoms with Crippen molar-refractivity contribution in [3.8, 4) is 23.0 Å². The zero-order valence-corrected chi connectivity index (χ0v) is 26.0. The Labute approximate surface area is 265 Å². The van der Waals surface area contributed by atoms with Crippen molar-refractivity contribution in [1.82, 2.24) is 16.1 Å². The number of carbonyl (C=O) groups excluding carboxylic acids is 2. The van der Waals surface area contributed by atoms with Gasteiger partial charge in [-0.15, -0.1) is 0 Å². The van der Waals surface area contributed by atoms with Crippen LogP contribution in [0.2, 0.25) is 5.02 Å². The molecule has 1 aliphatic rings. The summed E-state index contributed by atoms with van der Waals surface area (Å²) in [6.07, 6.45) is 0.309. The summed E-state index contributed by atoms with van der Waals surface area (Å²) in [7, 11) is 2.81. The Morgan fingerprint density at radius 2 is 1.87 bits per heavy atom. The van der Waals surface area contributed by atoms with Crippen molar-refractivity contribution in [1.29, 1.82) is 0 Å². The molecule has 0 spiro atoms.